The van der Waals surface area contributed by atoms with Gasteiger partial charge >= 0.3 is 0 Å². The first-order chi connectivity index (χ1) is 12.1. The molecule has 138 valence electrons. The minimum Gasteiger partial charge on any atom is -0.373 e. The summed E-state index contributed by atoms with van der Waals surface area (Å²) < 4.78 is 6.31. The number of nitrogens with one attached hydrogen (secondary N) is 1. The van der Waals surface area contributed by atoms with E-state index < -0.39 is 0 Å². The van der Waals surface area contributed by atoms with Gasteiger partial charge in [0.05, 0.1) is 6.10 Å². The van der Waals surface area contributed by atoms with Crippen LogP contribution >= 0.6 is 11.8 Å². The van der Waals surface area contributed by atoms with E-state index in [4.69, 9.17) is 9.73 Å². The van der Waals surface area contributed by atoms with Crippen LogP contribution in [0.2, 0.25) is 0 Å². The number of benzene rings is 1. The van der Waals surface area contributed by atoms with Crippen molar-refractivity contribution in [3.63, 3.8) is 0 Å². The molecular weight excluding hydrogens is 330 g/mol. The smallest absolute Gasteiger partial charge is 0.193 e. The molecule has 0 radical (unpaired) electrons. The maximum absolute atomic E-state index is 6.02. The number of ether oxygens (including phenoxy) is 1. The van der Waals surface area contributed by atoms with Crippen molar-refractivity contribution in [2.75, 3.05) is 38.5 Å². The first kappa shape index (κ1) is 18.6. The molecule has 1 aromatic rings. The minimum absolute atomic E-state index is 0.182. The Morgan fingerprint density at radius 1 is 1.36 bits per heavy atom. The molecule has 2 aliphatic rings. The number of thioether (sulfide) groups is 1. The van der Waals surface area contributed by atoms with Crippen LogP contribution in [0.25, 0.3) is 0 Å². The molecule has 5 heteroatoms. The van der Waals surface area contributed by atoms with Crippen LogP contribution in [-0.4, -0.2) is 54.1 Å². The predicted molar refractivity (Wildman–Crippen MR) is 107 cm³/mol. The van der Waals surface area contributed by atoms with Crippen molar-refractivity contribution in [3.8, 4) is 0 Å². The van der Waals surface area contributed by atoms with Crippen LogP contribution in [0.3, 0.4) is 0 Å². The summed E-state index contributed by atoms with van der Waals surface area (Å²) in [6.45, 7) is 11.5. The Bertz CT molecular complexity index is 576. The summed E-state index contributed by atoms with van der Waals surface area (Å²) in [4.78, 5) is 7.43. The Balaban J connectivity index is 1.68. The minimum atomic E-state index is 0.182. The van der Waals surface area contributed by atoms with Gasteiger partial charge in [0.1, 0.15) is 0 Å². The second-order valence-corrected chi connectivity index (χ2v) is 9.28. The van der Waals surface area contributed by atoms with E-state index in [-0.39, 0.29) is 10.9 Å². The van der Waals surface area contributed by atoms with Crippen molar-refractivity contribution in [3.05, 3.63) is 35.9 Å². The molecule has 0 saturated carbocycles. The lowest BCUT2D eigenvalue weighted by Crippen LogP contribution is -2.51. The third kappa shape index (κ3) is 4.91. The summed E-state index contributed by atoms with van der Waals surface area (Å²) >= 11 is 2.06. The highest BCUT2D eigenvalue weighted by Gasteiger charge is 2.31. The Kier molecular flexibility index (Phi) is 6.29. The summed E-state index contributed by atoms with van der Waals surface area (Å²) in [6.07, 6.45) is 1.27. The molecule has 0 aromatic heterocycles. The molecule has 0 spiro atoms. The number of aliphatic imine (C=N–C) groups is 1. The van der Waals surface area contributed by atoms with Crippen molar-refractivity contribution in [2.45, 2.75) is 38.0 Å². The summed E-state index contributed by atoms with van der Waals surface area (Å²) in [5, 5.41) is 3.49. The molecule has 2 aliphatic heterocycles. The number of hydrogen-bond acceptors (Lipinski definition) is 3. The molecule has 0 bridgehead atoms. The lowest BCUT2D eigenvalue weighted by Gasteiger charge is -2.39. The normalized spacial score (nSPS) is 26.7. The van der Waals surface area contributed by atoms with E-state index in [0.717, 1.165) is 50.9 Å². The van der Waals surface area contributed by atoms with Crippen LogP contribution < -0.4 is 5.32 Å². The zero-order valence-electron chi connectivity index (χ0n) is 15.7. The lowest BCUT2D eigenvalue weighted by atomic mass is 9.95. The Morgan fingerprint density at radius 3 is 2.88 bits per heavy atom. The topological polar surface area (TPSA) is 36.9 Å². The van der Waals surface area contributed by atoms with Gasteiger partial charge in [-0.2, -0.15) is 11.8 Å². The van der Waals surface area contributed by atoms with Gasteiger partial charge in [0.2, 0.25) is 0 Å². The fraction of sp³-hybridized carbons (Fsp3) is 0.650. The van der Waals surface area contributed by atoms with E-state index in [1.165, 1.54) is 5.56 Å². The monoisotopic (exact) mass is 361 g/mol. The maximum Gasteiger partial charge on any atom is 0.193 e. The number of guanidine groups is 1. The van der Waals surface area contributed by atoms with Crippen LogP contribution in [0.4, 0.5) is 0 Å². The quantitative estimate of drug-likeness (QED) is 0.657. The van der Waals surface area contributed by atoms with Gasteiger partial charge in [0, 0.05) is 49.2 Å². The van der Waals surface area contributed by atoms with Crippen molar-refractivity contribution in [2.24, 2.45) is 10.9 Å². The van der Waals surface area contributed by atoms with Crippen molar-refractivity contribution in [1.29, 1.82) is 0 Å². The van der Waals surface area contributed by atoms with E-state index >= 15 is 0 Å². The first-order valence-corrected chi connectivity index (χ1v) is 10.4. The molecule has 2 unspecified atom stereocenters. The average Bonchev–Trinajstić information content (AvgIpc) is 3.07. The number of nitrogens with zero attached hydrogens (tertiary/aromatic N) is 2. The zero-order valence-corrected chi connectivity index (χ0v) is 16.5. The number of hydrogen-bond donors (Lipinski definition) is 1. The van der Waals surface area contributed by atoms with Crippen LogP contribution in [0.1, 0.15) is 38.9 Å². The third-order valence-corrected chi connectivity index (χ3v) is 6.18. The van der Waals surface area contributed by atoms with Gasteiger partial charge < -0.3 is 15.0 Å². The van der Waals surface area contributed by atoms with Gasteiger partial charge in [0.15, 0.2) is 5.96 Å². The molecule has 25 heavy (non-hydrogen) atoms. The average molecular weight is 362 g/mol. The van der Waals surface area contributed by atoms with Crippen LogP contribution in [0.15, 0.2) is 35.3 Å². The second-order valence-electron chi connectivity index (χ2n) is 7.48. The highest BCUT2D eigenvalue weighted by molar-refractivity contribution is 8.00. The Hall–Kier alpha value is -1.20. The van der Waals surface area contributed by atoms with Crippen molar-refractivity contribution >= 4 is 17.7 Å². The van der Waals surface area contributed by atoms with Gasteiger partial charge in [-0.25, -0.2) is 0 Å². The van der Waals surface area contributed by atoms with Gasteiger partial charge in [-0.3, -0.25) is 4.99 Å². The largest absolute Gasteiger partial charge is 0.373 e. The first-order valence-electron chi connectivity index (χ1n) is 9.43. The zero-order chi connectivity index (χ0) is 17.7. The molecule has 2 atom stereocenters. The molecule has 0 aliphatic carbocycles. The maximum atomic E-state index is 6.02. The molecule has 3 rings (SSSR count). The summed E-state index contributed by atoms with van der Waals surface area (Å²) in [6, 6.07) is 10.6. The van der Waals surface area contributed by atoms with E-state index in [1.807, 2.05) is 0 Å². The SMILES string of the molecule is CCNC(=NCC1CCOC1c1ccccc1)N1CCSC(C)(C)C1. The molecule has 2 saturated heterocycles. The number of rotatable bonds is 4. The van der Waals surface area contributed by atoms with Gasteiger partial charge in [-0.05, 0) is 32.8 Å². The van der Waals surface area contributed by atoms with E-state index in [0.29, 0.717) is 5.92 Å². The molecular formula is C20H31N3OS. The van der Waals surface area contributed by atoms with Crippen molar-refractivity contribution < 1.29 is 4.74 Å². The third-order valence-electron chi connectivity index (χ3n) is 4.88. The van der Waals surface area contributed by atoms with Crippen LogP contribution in [0, 0.1) is 5.92 Å². The fourth-order valence-corrected chi connectivity index (χ4v) is 4.77. The van der Waals surface area contributed by atoms with Gasteiger partial charge in [-0.15, -0.1) is 0 Å². The van der Waals surface area contributed by atoms with Crippen LogP contribution in [0.5, 0.6) is 0 Å². The molecule has 1 aromatic carbocycles. The van der Waals surface area contributed by atoms with E-state index in [9.17, 15) is 0 Å². The lowest BCUT2D eigenvalue weighted by molar-refractivity contribution is 0.0925. The van der Waals surface area contributed by atoms with E-state index in [2.05, 4.69) is 73.1 Å². The standard InChI is InChI=1S/C20H31N3OS/c1-4-21-19(23-11-13-25-20(2,3)15-23)22-14-17-10-12-24-18(17)16-8-6-5-7-9-16/h5-9,17-18H,4,10-15H2,1-3H3,(H,21,22). The summed E-state index contributed by atoms with van der Waals surface area (Å²) in [5.74, 6) is 2.69. The van der Waals surface area contributed by atoms with Crippen molar-refractivity contribution in [1.82, 2.24) is 10.2 Å². The molecule has 2 fully saturated rings. The predicted octanol–water partition coefficient (Wildman–Crippen LogP) is 3.56. The van der Waals surface area contributed by atoms with Crippen LogP contribution in [-0.2, 0) is 4.74 Å². The highest BCUT2D eigenvalue weighted by atomic mass is 32.2. The Labute approximate surface area is 156 Å². The summed E-state index contributed by atoms with van der Waals surface area (Å²) in [5.41, 5.74) is 1.28. The molecule has 4 nitrogen and oxygen atoms in total. The fourth-order valence-electron chi connectivity index (χ4n) is 3.66. The van der Waals surface area contributed by atoms with Gasteiger partial charge in [-0.1, -0.05) is 30.3 Å². The van der Waals surface area contributed by atoms with E-state index in [1.54, 1.807) is 0 Å². The molecule has 0 amide bonds. The highest BCUT2D eigenvalue weighted by Crippen LogP contribution is 2.35. The Morgan fingerprint density at radius 2 is 2.16 bits per heavy atom. The molecule has 1 N–H and O–H groups in total. The second kappa shape index (κ2) is 8.45. The molecule has 2 heterocycles. The van der Waals surface area contributed by atoms with Gasteiger partial charge in [0.25, 0.3) is 0 Å². The summed E-state index contributed by atoms with van der Waals surface area (Å²) in [7, 11) is 0.